The average Bonchev–Trinajstić information content (AvgIpc) is 3.12. The van der Waals surface area contributed by atoms with Crippen molar-refractivity contribution in [3.8, 4) is 16.5 Å². The fraction of sp³-hybridized carbons (Fsp3) is 0.250. The number of anilines is 2. The van der Waals surface area contributed by atoms with Crippen LogP contribution in [0.3, 0.4) is 0 Å². The van der Waals surface area contributed by atoms with E-state index in [-0.39, 0.29) is 6.42 Å². The van der Waals surface area contributed by atoms with Crippen LogP contribution in [0.4, 0.5) is 11.5 Å². The van der Waals surface area contributed by atoms with E-state index in [1.54, 1.807) is 19.2 Å². The molecule has 6 nitrogen and oxygen atoms in total. The number of ether oxygens (including phenoxy) is 1. The highest BCUT2D eigenvalue weighted by Crippen LogP contribution is 2.31. The smallest absolute Gasteiger partial charge is 0.307 e. The van der Waals surface area contributed by atoms with Crippen molar-refractivity contribution >= 4 is 28.8 Å². The molecule has 0 saturated carbocycles. The number of nitrogens with zero attached hydrogens (tertiary/aromatic N) is 2. The van der Waals surface area contributed by atoms with Crippen LogP contribution in [0, 0.1) is 6.92 Å². The first-order chi connectivity index (χ1) is 13.0. The molecule has 3 aromatic rings. The van der Waals surface area contributed by atoms with Gasteiger partial charge in [-0.25, -0.2) is 9.97 Å². The molecular formula is C20H21N3O3S. The number of carboxylic acids is 1. The Balaban J connectivity index is 1.92. The lowest BCUT2D eigenvalue weighted by Gasteiger charge is -2.14. The number of thiophene rings is 1. The molecular weight excluding hydrogens is 362 g/mol. The van der Waals surface area contributed by atoms with Gasteiger partial charge in [0.2, 0.25) is 0 Å². The van der Waals surface area contributed by atoms with Crippen molar-refractivity contribution in [2.24, 2.45) is 0 Å². The molecule has 0 amide bonds. The van der Waals surface area contributed by atoms with Crippen molar-refractivity contribution in [2.45, 2.75) is 26.7 Å². The van der Waals surface area contributed by atoms with E-state index in [1.807, 2.05) is 30.5 Å². The fourth-order valence-electron chi connectivity index (χ4n) is 2.79. The number of carboxylic acid groups (broad SMARTS) is 1. The van der Waals surface area contributed by atoms with E-state index in [2.05, 4.69) is 17.2 Å². The molecule has 0 radical (unpaired) electrons. The highest BCUT2D eigenvalue weighted by Gasteiger charge is 2.14. The normalized spacial score (nSPS) is 10.6. The Kier molecular flexibility index (Phi) is 5.71. The third-order valence-corrected chi connectivity index (χ3v) is 5.08. The van der Waals surface area contributed by atoms with Crippen LogP contribution in [-0.2, 0) is 17.6 Å². The Labute approximate surface area is 161 Å². The quantitative estimate of drug-likeness (QED) is 0.627. The van der Waals surface area contributed by atoms with Crippen LogP contribution in [-0.4, -0.2) is 28.2 Å². The van der Waals surface area contributed by atoms with Crippen LogP contribution in [0.15, 0.2) is 35.7 Å². The number of aliphatic carboxylic acids is 1. The van der Waals surface area contributed by atoms with Gasteiger partial charge in [-0.2, -0.15) is 0 Å². The van der Waals surface area contributed by atoms with Crippen LogP contribution < -0.4 is 10.1 Å². The molecule has 7 heteroatoms. The minimum Gasteiger partial charge on any atom is -0.496 e. The molecule has 0 unspecified atom stereocenters. The summed E-state index contributed by atoms with van der Waals surface area (Å²) in [4.78, 5) is 21.1. The summed E-state index contributed by atoms with van der Waals surface area (Å²) in [6, 6.07) is 9.27. The van der Waals surface area contributed by atoms with E-state index < -0.39 is 5.97 Å². The molecule has 0 aliphatic carbocycles. The maximum atomic E-state index is 10.8. The van der Waals surface area contributed by atoms with Gasteiger partial charge in [0.15, 0.2) is 5.82 Å². The van der Waals surface area contributed by atoms with Gasteiger partial charge in [-0.15, -0.1) is 11.3 Å². The predicted octanol–water partition coefficient (Wildman–Crippen LogP) is 4.46. The zero-order valence-electron chi connectivity index (χ0n) is 15.4. The first kappa shape index (κ1) is 18.8. The van der Waals surface area contributed by atoms with Crippen molar-refractivity contribution in [2.75, 3.05) is 12.4 Å². The van der Waals surface area contributed by atoms with E-state index in [0.29, 0.717) is 5.82 Å². The zero-order valence-corrected chi connectivity index (χ0v) is 16.3. The molecule has 0 aliphatic heterocycles. The van der Waals surface area contributed by atoms with Crippen LogP contribution in [0.1, 0.15) is 23.7 Å². The van der Waals surface area contributed by atoms with Crippen molar-refractivity contribution in [1.29, 1.82) is 0 Å². The van der Waals surface area contributed by atoms with Gasteiger partial charge in [0, 0.05) is 28.4 Å². The monoisotopic (exact) mass is 383 g/mol. The molecule has 2 aromatic heterocycles. The molecule has 2 N–H and O–H groups in total. The number of benzene rings is 1. The lowest BCUT2D eigenvalue weighted by Crippen LogP contribution is -2.05. The summed E-state index contributed by atoms with van der Waals surface area (Å²) < 4.78 is 5.25. The standard InChI is InChI=1S/C20H21N3O3S/c1-4-16-12(2)21-20(17-10-15(26-3)11-27-17)23-19(16)22-14-7-5-13(6-8-14)9-18(24)25/h5-8,10-11H,4,9H2,1-3H3,(H,24,25)(H,21,22,23). The molecule has 0 spiro atoms. The van der Waals surface area contributed by atoms with Crippen molar-refractivity contribution in [3.05, 3.63) is 52.5 Å². The Morgan fingerprint density at radius 1 is 1.26 bits per heavy atom. The molecule has 3 rings (SSSR count). The Hall–Kier alpha value is -2.93. The lowest BCUT2D eigenvalue weighted by molar-refractivity contribution is -0.136. The number of rotatable bonds is 7. The van der Waals surface area contributed by atoms with Gasteiger partial charge in [0.25, 0.3) is 0 Å². The fourth-order valence-corrected chi connectivity index (χ4v) is 3.58. The summed E-state index contributed by atoms with van der Waals surface area (Å²) in [7, 11) is 1.64. The number of hydrogen-bond donors (Lipinski definition) is 2. The molecule has 1 aromatic carbocycles. The highest BCUT2D eigenvalue weighted by molar-refractivity contribution is 7.13. The minimum absolute atomic E-state index is 0.0114. The summed E-state index contributed by atoms with van der Waals surface area (Å²) in [5.41, 5.74) is 3.59. The third kappa shape index (κ3) is 4.43. The first-order valence-corrected chi connectivity index (χ1v) is 9.46. The lowest BCUT2D eigenvalue weighted by atomic mass is 10.1. The predicted molar refractivity (Wildman–Crippen MR) is 107 cm³/mol. The second-order valence-electron chi connectivity index (χ2n) is 6.06. The van der Waals surface area contributed by atoms with E-state index in [1.165, 1.54) is 11.3 Å². The van der Waals surface area contributed by atoms with E-state index in [4.69, 9.17) is 14.8 Å². The summed E-state index contributed by atoms with van der Waals surface area (Å²) in [6.07, 6.45) is 0.816. The SMILES string of the molecule is CCc1c(C)nc(-c2cc(OC)cs2)nc1Nc1ccc(CC(=O)O)cc1. The largest absolute Gasteiger partial charge is 0.496 e. The molecule has 0 bridgehead atoms. The Morgan fingerprint density at radius 3 is 2.59 bits per heavy atom. The van der Waals surface area contributed by atoms with Crippen molar-refractivity contribution in [3.63, 3.8) is 0 Å². The summed E-state index contributed by atoms with van der Waals surface area (Å²) in [5.74, 6) is 1.37. The second kappa shape index (κ2) is 8.18. The van der Waals surface area contributed by atoms with Gasteiger partial charge in [-0.05, 0) is 31.0 Å². The number of aromatic nitrogens is 2. The van der Waals surface area contributed by atoms with Crippen LogP contribution in [0.2, 0.25) is 0 Å². The highest BCUT2D eigenvalue weighted by atomic mass is 32.1. The Morgan fingerprint density at radius 2 is 2.00 bits per heavy atom. The van der Waals surface area contributed by atoms with Gasteiger partial charge in [0.05, 0.1) is 18.4 Å². The molecule has 2 heterocycles. The number of carbonyl (C=O) groups is 1. The number of hydrogen-bond acceptors (Lipinski definition) is 6. The van der Waals surface area contributed by atoms with Crippen molar-refractivity contribution in [1.82, 2.24) is 9.97 Å². The van der Waals surface area contributed by atoms with Gasteiger partial charge in [-0.1, -0.05) is 19.1 Å². The maximum absolute atomic E-state index is 10.8. The Bertz CT molecular complexity index is 952. The van der Waals surface area contributed by atoms with Crippen molar-refractivity contribution < 1.29 is 14.6 Å². The topological polar surface area (TPSA) is 84.3 Å². The summed E-state index contributed by atoms with van der Waals surface area (Å²) in [5, 5.41) is 14.2. The van der Waals surface area contributed by atoms with Crippen LogP contribution >= 0.6 is 11.3 Å². The number of aryl methyl sites for hydroxylation is 1. The molecule has 0 fully saturated rings. The van der Waals surface area contributed by atoms with Crippen LogP contribution in [0.25, 0.3) is 10.7 Å². The molecule has 0 saturated heterocycles. The second-order valence-corrected chi connectivity index (χ2v) is 6.97. The number of methoxy groups -OCH3 is 1. The molecule has 0 aliphatic rings. The van der Waals surface area contributed by atoms with Gasteiger partial charge >= 0.3 is 5.97 Å². The maximum Gasteiger partial charge on any atom is 0.307 e. The van der Waals surface area contributed by atoms with Gasteiger partial charge < -0.3 is 15.2 Å². The molecule has 140 valence electrons. The third-order valence-electron chi connectivity index (χ3n) is 4.17. The molecule has 0 atom stereocenters. The molecule has 27 heavy (non-hydrogen) atoms. The van der Waals surface area contributed by atoms with Crippen LogP contribution in [0.5, 0.6) is 5.75 Å². The van der Waals surface area contributed by atoms with E-state index >= 15 is 0 Å². The van der Waals surface area contributed by atoms with Gasteiger partial charge in [-0.3, -0.25) is 4.79 Å². The van der Waals surface area contributed by atoms with E-state index in [9.17, 15) is 4.79 Å². The number of nitrogens with one attached hydrogen (secondary N) is 1. The zero-order chi connectivity index (χ0) is 19.4. The average molecular weight is 383 g/mol. The summed E-state index contributed by atoms with van der Waals surface area (Å²) >= 11 is 1.54. The summed E-state index contributed by atoms with van der Waals surface area (Å²) in [6.45, 7) is 4.05. The minimum atomic E-state index is -0.841. The van der Waals surface area contributed by atoms with Gasteiger partial charge in [0.1, 0.15) is 11.6 Å². The first-order valence-electron chi connectivity index (χ1n) is 8.58. The van der Waals surface area contributed by atoms with E-state index in [0.717, 1.165) is 45.4 Å².